The van der Waals surface area contributed by atoms with E-state index in [9.17, 15) is 5.11 Å². The summed E-state index contributed by atoms with van der Waals surface area (Å²) < 4.78 is 6.09. The molecule has 0 amide bonds. The van der Waals surface area contributed by atoms with Crippen LogP contribution in [0.1, 0.15) is 34.1 Å². The second-order valence-electron chi connectivity index (χ2n) is 5.97. The summed E-state index contributed by atoms with van der Waals surface area (Å²) in [4.78, 5) is 0. The Hall–Kier alpha value is -0.600. The lowest BCUT2D eigenvalue weighted by molar-refractivity contribution is -0.0503. The van der Waals surface area contributed by atoms with E-state index in [0.717, 1.165) is 6.42 Å². The van der Waals surface area contributed by atoms with Gasteiger partial charge in [-0.15, -0.1) is 5.73 Å². The van der Waals surface area contributed by atoms with Crippen LogP contribution in [0.5, 0.6) is 0 Å². The minimum atomic E-state index is -1.02. The highest BCUT2D eigenvalue weighted by molar-refractivity contribution is 5.17. The predicted octanol–water partition coefficient (Wildman–Crippen LogP) is 2.12. The van der Waals surface area contributed by atoms with E-state index < -0.39 is 5.60 Å². The zero-order valence-corrected chi connectivity index (χ0v) is 12.2. The van der Waals surface area contributed by atoms with Gasteiger partial charge < -0.3 is 15.2 Å². The lowest BCUT2D eigenvalue weighted by Crippen LogP contribution is -2.54. The summed E-state index contributed by atoms with van der Waals surface area (Å²) in [6.07, 6.45) is 2.39. The van der Waals surface area contributed by atoms with Crippen molar-refractivity contribution in [3.8, 4) is 0 Å². The van der Waals surface area contributed by atoms with Gasteiger partial charge in [0.25, 0.3) is 0 Å². The van der Waals surface area contributed by atoms with Gasteiger partial charge in [0, 0.05) is 0 Å². The molecule has 3 heteroatoms. The quantitative estimate of drug-likeness (QED) is 0.737. The minimum absolute atomic E-state index is 0.0250. The molecule has 0 saturated carbocycles. The van der Waals surface area contributed by atoms with Gasteiger partial charge in [-0.3, -0.25) is 0 Å². The molecule has 0 unspecified atom stereocenters. The molecule has 0 aromatic rings. The maximum Gasteiger partial charge on any atom is 0.134 e. The normalized spacial score (nSPS) is 36.1. The maximum absolute atomic E-state index is 10.9. The van der Waals surface area contributed by atoms with Crippen molar-refractivity contribution in [2.45, 2.75) is 58.0 Å². The van der Waals surface area contributed by atoms with Crippen molar-refractivity contribution in [1.82, 2.24) is 5.32 Å². The molecule has 1 aliphatic rings. The highest BCUT2D eigenvalue weighted by Crippen LogP contribution is 2.38. The van der Waals surface area contributed by atoms with Gasteiger partial charge in [0.2, 0.25) is 0 Å². The summed E-state index contributed by atoms with van der Waals surface area (Å²) in [6, 6.07) is -0.110. The van der Waals surface area contributed by atoms with Crippen LogP contribution in [0.3, 0.4) is 0 Å². The van der Waals surface area contributed by atoms with Crippen molar-refractivity contribution in [1.29, 1.82) is 0 Å². The van der Waals surface area contributed by atoms with Crippen LogP contribution in [0.2, 0.25) is 0 Å². The first-order valence-electron chi connectivity index (χ1n) is 6.78. The maximum atomic E-state index is 10.9. The van der Waals surface area contributed by atoms with Gasteiger partial charge >= 0.3 is 0 Å². The van der Waals surface area contributed by atoms with Crippen LogP contribution in [0, 0.1) is 11.8 Å². The van der Waals surface area contributed by atoms with E-state index in [1.165, 1.54) is 0 Å². The highest BCUT2D eigenvalue weighted by atomic mass is 16.5. The zero-order valence-electron chi connectivity index (χ0n) is 12.2. The van der Waals surface area contributed by atoms with E-state index in [1.54, 1.807) is 6.08 Å². The van der Waals surface area contributed by atoms with Crippen molar-refractivity contribution in [2.24, 2.45) is 11.8 Å². The molecule has 1 heterocycles. The summed E-state index contributed by atoms with van der Waals surface area (Å²) in [5, 5.41) is 14.1. The third-order valence-electron chi connectivity index (χ3n) is 3.60. The van der Waals surface area contributed by atoms with Crippen LogP contribution in [-0.2, 0) is 4.74 Å². The monoisotopic (exact) mass is 253 g/mol. The lowest BCUT2D eigenvalue weighted by Gasteiger charge is -2.32. The molecule has 4 atom stereocenters. The van der Waals surface area contributed by atoms with E-state index in [4.69, 9.17) is 4.74 Å². The van der Waals surface area contributed by atoms with Gasteiger partial charge in [0.05, 0.1) is 18.2 Å². The Morgan fingerprint density at radius 2 is 2.06 bits per heavy atom. The topological polar surface area (TPSA) is 41.5 Å². The molecular formula is C15H27NO2. The minimum Gasteiger partial charge on any atom is -0.381 e. The fourth-order valence-corrected chi connectivity index (χ4v) is 2.95. The van der Waals surface area contributed by atoms with E-state index >= 15 is 0 Å². The third-order valence-corrected chi connectivity index (χ3v) is 3.60. The van der Waals surface area contributed by atoms with Crippen molar-refractivity contribution < 1.29 is 9.84 Å². The molecular weight excluding hydrogens is 226 g/mol. The van der Waals surface area contributed by atoms with Gasteiger partial charge in [0.15, 0.2) is 0 Å². The Kier molecular flexibility index (Phi) is 5.18. The van der Waals surface area contributed by atoms with Gasteiger partial charge in [-0.05, 0) is 31.4 Å². The van der Waals surface area contributed by atoms with Gasteiger partial charge in [-0.2, -0.15) is 0 Å². The molecule has 1 fully saturated rings. The molecule has 1 aliphatic heterocycles. The zero-order chi connectivity index (χ0) is 13.9. The van der Waals surface area contributed by atoms with Crippen molar-refractivity contribution in [2.75, 3.05) is 7.05 Å². The lowest BCUT2D eigenvalue weighted by atomic mass is 9.82. The Morgan fingerprint density at radius 3 is 2.44 bits per heavy atom. The number of hydrogen-bond acceptors (Lipinski definition) is 3. The molecule has 0 aromatic heterocycles. The SMILES string of the molecule is C=C=C[C@]1(O)[C@H](C(C)C)O[C@H](CC(C)C)[C@@H]1NC. The summed E-state index contributed by atoms with van der Waals surface area (Å²) in [7, 11) is 1.87. The fourth-order valence-electron chi connectivity index (χ4n) is 2.95. The molecule has 0 radical (unpaired) electrons. The van der Waals surface area contributed by atoms with Gasteiger partial charge in [-0.1, -0.05) is 34.3 Å². The van der Waals surface area contributed by atoms with Crippen molar-refractivity contribution >= 4 is 0 Å². The number of likely N-dealkylation sites (N-methyl/N-ethyl adjacent to an activating group) is 1. The highest BCUT2D eigenvalue weighted by Gasteiger charge is 2.54. The van der Waals surface area contributed by atoms with Crippen LogP contribution >= 0.6 is 0 Å². The van der Waals surface area contributed by atoms with Crippen LogP contribution in [0.25, 0.3) is 0 Å². The molecule has 104 valence electrons. The van der Waals surface area contributed by atoms with E-state index in [2.05, 4.69) is 45.3 Å². The smallest absolute Gasteiger partial charge is 0.134 e. The Bertz CT molecular complexity index is 320. The van der Waals surface area contributed by atoms with Crippen LogP contribution < -0.4 is 5.32 Å². The van der Waals surface area contributed by atoms with Crippen LogP contribution in [-0.4, -0.2) is 36.0 Å². The van der Waals surface area contributed by atoms with Crippen LogP contribution in [0.15, 0.2) is 18.4 Å². The molecule has 0 aromatic carbocycles. The van der Waals surface area contributed by atoms with E-state index in [-0.39, 0.29) is 24.2 Å². The number of ether oxygens (including phenoxy) is 1. The summed E-state index contributed by atoms with van der Waals surface area (Å²) >= 11 is 0. The van der Waals surface area contributed by atoms with Gasteiger partial charge in [-0.25, -0.2) is 0 Å². The molecule has 2 N–H and O–H groups in total. The first kappa shape index (κ1) is 15.5. The Balaban J connectivity index is 3.06. The third kappa shape index (κ3) is 2.86. The number of rotatable bonds is 5. The number of nitrogens with one attached hydrogen (secondary N) is 1. The van der Waals surface area contributed by atoms with E-state index in [1.807, 2.05) is 7.05 Å². The van der Waals surface area contributed by atoms with E-state index in [0.29, 0.717) is 5.92 Å². The Morgan fingerprint density at radius 1 is 1.44 bits per heavy atom. The molecule has 18 heavy (non-hydrogen) atoms. The average molecular weight is 253 g/mol. The molecule has 0 bridgehead atoms. The second-order valence-corrected chi connectivity index (χ2v) is 5.97. The fraction of sp³-hybridized carbons (Fsp3) is 0.800. The number of hydrogen-bond donors (Lipinski definition) is 2. The molecule has 3 nitrogen and oxygen atoms in total. The first-order valence-corrected chi connectivity index (χ1v) is 6.78. The first-order chi connectivity index (χ1) is 8.36. The molecule has 1 rings (SSSR count). The van der Waals surface area contributed by atoms with Crippen LogP contribution in [0.4, 0.5) is 0 Å². The average Bonchev–Trinajstić information content (AvgIpc) is 2.50. The molecule has 0 aliphatic carbocycles. The van der Waals surface area contributed by atoms with Crippen molar-refractivity contribution in [3.63, 3.8) is 0 Å². The van der Waals surface area contributed by atoms with Crippen molar-refractivity contribution in [3.05, 3.63) is 18.4 Å². The largest absolute Gasteiger partial charge is 0.381 e. The summed E-state index contributed by atoms with van der Waals surface area (Å²) in [6.45, 7) is 12.1. The molecule has 1 saturated heterocycles. The molecule has 0 spiro atoms. The summed E-state index contributed by atoms with van der Waals surface area (Å²) in [5.41, 5.74) is 1.70. The predicted molar refractivity (Wildman–Crippen MR) is 74.5 cm³/mol. The number of aliphatic hydroxyl groups is 1. The summed E-state index contributed by atoms with van der Waals surface area (Å²) in [5.74, 6) is 0.779. The second kappa shape index (κ2) is 6.03. The Labute approximate surface area is 111 Å². The van der Waals surface area contributed by atoms with Gasteiger partial charge in [0.1, 0.15) is 5.60 Å². The standard InChI is InChI=1S/C15H27NO2/c1-7-8-15(17)13(16-6)12(9-10(2)3)18-14(15)11(4)5/h8,10-14,16-17H,1,9H2,2-6H3/t12-,13+,14+,15-/m1/s1.